The largest absolute Gasteiger partial charge is 0.573 e. The maximum Gasteiger partial charge on any atom is 0.573 e. The molecule has 15 heavy (non-hydrogen) atoms. The van der Waals surface area contributed by atoms with E-state index in [1.807, 2.05) is 0 Å². The van der Waals surface area contributed by atoms with E-state index >= 15 is 0 Å². The molecule has 0 unspecified atom stereocenters. The second-order valence-corrected chi connectivity index (χ2v) is 2.90. The maximum atomic E-state index is 11.8. The summed E-state index contributed by atoms with van der Waals surface area (Å²) >= 11 is 0. The Morgan fingerprint density at radius 3 is 2.67 bits per heavy atom. The van der Waals surface area contributed by atoms with Crippen LogP contribution in [0, 0.1) is 0 Å². The lowest BCUT2D eigenvalue weighted by Crippen LogP contribution is -2.17. The van der Waals surface area contributed by atoms with E-state index in [9.17, 15) is 18.0 Å². The van der Waals surface area contributed by atoms with Gasteiger partial charge in [-0.15, -0.1) is 13.2 Å². The number of halogens is 3. The van der Waals surface area contributed by atoms with Crippen LogP contribution >= 0.6 is 0 Å². The van der Waals surface area contributed by atoms with Crippen LogP contribution < -0.4 is 4.74 Å². The minimum atomic E-state index is -4.68. The molecule has 2 nitrogen and oxygen atoms in total. The van der Waals surface area contributed by atoms with Crippen molar-refractivity contribution in [3.63, 3.8) is 0 Å². The minimum Gasteiger partial charge on any atom is -0.406 e. The van der Waals surface area contributed by atoms with Crippen molar-refractivity contribution in [2.24, 2.45) is 0 Å². The Morgan fingerprint density at radius 2 is 2.07 bits per heavy atom. The molecule has 0 saturated heterocycles. The maximum absolute atomic E-state index is 11.8. The summed E-state index contributed by atoms with van der Waals surface area (Å²) in [5.74, 6) is -0.258. The van der Waals surface area contributed by atoms with Gasteiger partial charge in [-0.2, -0.15) is 0 Å². The Hall–Kier alpha value is -1.52. The number of rotatable bonds is 4. The van der Waals surface area contributed by atoms with E-state index in [4.69, 9.17) is 0 Å². The van der Waals surface area contributed by atoms with Gasteiger partial charge in [-0.05, 0) is 24.1 Å². The molecule has 1 rings (SSSR count). The van der Waals surface area contributed by atoms with Gasteiger partial charge in [0.2, 0.25) is 0 Å². The Morgan fingerprint density at radius 1 is 1.33 bits per heavy atom. The summed E-state index contributed by atoms with van der Waals surface area (Å²) in [4.78, 5) is 10.1. The summed E-state index contributed by atoms with van der Waals surface area (Å²) in [7, 11) is 0. The number of ether oxygens (including phenoxy) is 1. The molecule has 0 bridgehead atoms. The summed E-state index contributed by atoms with van der Waals surface area (Å²) in [6, 6.07) is 5.60. The third-order valence-corrected chi connectivity index (χ3v) is 1.68. The van der Waals surface area contributed by atoms with E-state index in [0.29, 0.717) is 12.0 Å². The van der Waals surface area contributed by atoms with E-state index in [1.165, 1.54) is 18.2 Å². The first-order valence-electron chi connectivity index (χ1n) is 4.29. The van der Waals surface area contributed by atoms with Crippen LogP contribution in [0.2, 0.25) is 0 Å². The molecule has 0 aliphatic carbocycles. The van der Waals surface area contributed by atoms with E-state index in [2.05, 4.69) is 4.74 Å². The number of carbonyl (C=O) groups excluding carboxylic acids is 1. The van der Waals surface area contributed by atoms with Crippen molar-refractivity contribution in [2.45, 2.75) is 19.2 Å². The molecule has 0 N–H and O–H groups in total. The highest BCUT2D eigenvalue weighted by molar-refractivity contribution is 5.50. The van der Waals surface area contributed by atoms with Crippen molar-refractivity contribution in [3.8, 4) is 5.75 Å². The summed E-state index contributed by atoms with van der Waals surface area (Å²) in [6.07, 6.45) is -3.26. The third kappa shape index (κ3) is 4.49. The standard InChI is InChI=1S/C10H9F3O2/c11-10(12,13)15-9-5-1-3-8(7-9)4-2-6-14/h1,3,5-7H,2,4H2. The van der Waals surface area contributed by atoms with Gasteiger partial charge in [0.05, 0.1) is 0 Å². The van der Waals surface area contributed by atoms with Gasteiger partial charge < -0.3 is 9.53 Å². The number of carbonyl (C=O) groups is 1. The average Bonchev–Trinajstić information content (AvgIpc) is 2.12. The monoisotopic (exact) mass is 218 g/mol. The molecule has 0 aromatic heterocycles. The molecule has 1 aromatic rings. The first-order chi connectivity index (χ1) is 7.01. The Kier molecular flexibility index (Phi) is 3.71. The lowest BCUT2D eigenvalue weighted by molar-refractivity contribution is -0.274. The van der Waals surface area contributed by atoms with Gasteiger partial charge in [-0.3, -0.25) is 0 Å². The van der Waals surface area contributed by atoms with E-state index in [1.54, 1.807) is 6.07 Å². The highest BCUT2D eigenvalue weighted by Crippen LogP contribution is 2.23. The molecule has 0 spiro atoms. The zero-order valence-corrected chi connectivity index (χ0v) is 7.75. The topological polar surface area (TPSA) is 26.3 Å². The highest BCUT2D eigenvalue weighted by Gasteiger charge is 2.30. The van der Waals surface area contributed by atoms with Crippen LogP contribution in [-0.4, -0.2) is 12.6 Å². The quantitative estimate of drug-likeness (QED) is 0.726. The predicted molar refractivity (Wildman–Crippen MR) is 47.5 cm³/mol. The van der Waals surface area contributed by atoms with Crippen molar-refractivity contribution in [2.75, 3.05) is 0 Å². The minimum absolute atomic E-state index is 0.258. The van der Waals surface area contributed by atoms with Crippen LogP contribution in [-0.2, 0) is 11.2 Å². The second kappa shape index (κ2) is 4.82. The number of aryl methyl sites for hydroxylation is 1. The number of hydrogen-bond acceptors (Lipinski definition) is 2. The van der Waals surface area contributed by atoms with Crippen molar-refractivity contribution in [1.82, 2.24) is 0 Å². The summed E-state index contributed by atoms with van der Waals surface area (Å²) < 4.78 is 39.3. The number of hydrogen-bond donors (Lipinski definition) is 0. The normalized spacial score (nSPS) is 11.1. The van der Waals surface area contributed by atoms with E-state index in [-0.39, 0.29) is 12.2 Å². The Bertz CT molecular complexity index is 334. The van der Waals surface area contributed by atoms with Gasteiger partial charge in [-0.1, -0.05) is 12.1 Å². The molecule has 0 amide bonds. The molecular weight excluding hydrogens is 209 g/mol. The number of benzene rings is 1. The lowest BCUT2D eigenvalue weighted by Gasteiger charge is -2.09. The molecule has 0 radical (unpaired) electrons. The van der Waals surface area contributed by atoms with Gasteiger partial charge in [0.25, 0.3) is 0 Å². The smallest absolute Gasteiger partial charge is 0.406 e. The highest BCUT2D eigenvalue weighted by atomic mass is 19.4. The molecule has 1 aromatic carbocycles. The average molecular weight is 218 g/mol. The fourth-order valence-corrected chi connectivity index (χ4v) is 1.12. The predicted octanol–water partition coefficient (Wildman–Crippen LogP) is 2.72. The Balaban J connectivity index is 2.69. The van der Waals surface area contributed by atoms with Crippen LogP contribution in [0.3, 0.4) is 0 Å². The van der Waals surface area contributed by atoms with Gasteiger partial charge >= 0.3 is 6.36 Å². The molecule has 0 heterocycles. The van der Waals surface area contributed by atoms with E-state index < -0.39 is 6.36 Å². The molecule has 82 valence electrons. The van der Waals surface area contributed by atoms with Crippen LogP contribution in [0.4, 0.5) is 13.2 Å². The molecule has 0 fully saturated rings. The van der Waals surface area contributed by atoms with Crippen LogP contribution in [0.15, 0.2) is 24.3 Å². The summed E-state index contributed by atoms with van der Waals surface area (Å²) in [5.41, 5.74) is 0.642. The fraction of sp³-hybridized carbons (Fsp3) is 0.300. The zero-order chi connectivity index (χ0) is 11.3. The van der Waals surface area contributed by atoms with Crippen LogP contribution in [0.25, 0.3) is 0 Å². The van der Waals surface area contributed by atoms with Gasteiger partial charge in [0.1, 0.15) is 12.0 Å². The van der Waals surface area contributed by atoms with Crippen molar-refractivity contribution >= 4 is 6.29 Å². The molecular formula is C10H9F3O2. The summed E-state index contributed by atoms with van der Waals surface area (Å²) in [5, 5.41) is 0. The molecule has 5 heteroatoms. The van der Waals surface area contributed by atoms with Gasteiger partial charge in [-0.25, -0.2) is 0 Å². The zero-order valence-electron chi connectivity index (χ0n) is 7.75. The molecule has 0 saturated carbocycles. The summed E-state index contributed by atoms with van der Waals surface area (Å²) in [6.45, 7) is 0. The SMILES string of the molecule is O=CCCc1cccc(OC(F)(F)F)c1. The fourth-order valence-electron chi connectivity index (χ4n) is 1.12. The third-order valence-electron chi connectivity index (χ3n) is 1.68. The van der Waals surface area contributed by atoms with Crippen LogP contribution in [0.5, 0.6) is 5.75 Å². The Labute approximate surface area is 84.7 Å². The first-order valence-corrected chi connectivity index (χ1v) is 4.29. The van der Waals surface area contributed by atoms with Crippen molar-refractivity contribution in [1.29, 1.82) is 0 Å². The molecule has 0 aliphatic rings. The lowest BCUT2D eigenvalue weighted by atomic mass is 10.1. The molecule has 0 aliphatic heterocycles. The van der Waals surface area contributed by atoms with Gasteiger partial charge in [0, 0.05) is 6.42 Å². The first kappa shape index (κ1) is 11.6. The second-order valence-electron chi connectivity index (χ2n) is 2.90. The van der Waals surface area contributed by atoms with Gasteiger partial charge in [0.15, 0.2) is 0 Å². The van der Waals surface area contributed by atoms with Crippen LogP contribution in [0.1, 0.15) is 12.0 Å². The van der Waals surface area contributed by atoms with Crippen molar-refractivity contribution in [3.05, 3.63) is 29.8 Å². The van der Waals surface area contributed by atoms with E-state index in [0.717, 1.165) is 6.29 Å². The number of aldehydes is 1. The number of alkyl halides is 3. The molecule has 0 atom stereocenters. The van der Waals surface area contributed by atoms with Crippen molar-refractivity contribution < 1.29 is 22.7 Å².